The Labute approximate surface area is 148 Å². The van der Waals surface area contributed by atoms with E-state index in [-0.39, 0.29) is 12.0 Å². The number of nitrogens with zero attached hydrogens (tertiary/aromatic N) is 3. The maximum atomic E-state index is 11.8. The molecule has 1 aromatic carbocycles. The van der Waals surface area contributed by atoms with Gasteiger partial charge in [0, 0.05) is 16.4 Å². The van der Waals surface area contributed by atoms with Gasteiger partial charge in [-0.3, -0.25) is 9.48 Å². The highest BCUT2D eigenvalue weighted by molar-refractivity contribution is 9.10. The standard InChI is InChI=1S/C17H18BrN5O/c18-12-5-7-13(8-6-12)21-17-14(16(20)24)10-23(22-17)15-4-2-1-3-11(15)9-19/h5-8,10-11,15H,1-4H2,(H2,20,24)(H,21,22)/t11-,15+/m1/s1. The first-order chi connectivity index (χ1) is 11.6. The number of benzene rings is 1. The number of rotatable bonds is 4. The fourth-order valence-electron chi connectivity index (χ4n) is 3.08. The van der Waals surface area contributed by atoms with Gasteiger partial charge in [0.05, 0.1) is 18.0 Å². The highest BCUT2D eigenvalue weighted by atomic mass is 79.9. The molecule has 3 rings (SSSR count). The van der Waals surface area contributed by atoms with Crippen LogP contribution in [0.3, 0.4) is 0 Å². The molecule has 1 aliphatic carbocycles. The largest absolute Gasteiger partial charge is 0.365 e. The lowest BCUT2D eigenvalue weighted by atomic mass is 9.85. The molecule has 6 nitrogen and oxygen atoms in total. The maximum Gasteiger partial charge on any atom is 0.254 e. The van der Waals surface area contributed by atoms with Crippen LogP contribution >= 0.6 is 15.9 Å². The zero-order chi connectivity index (χ0) is 17.1. The molecule has 0 aliphatic heterocycles. The molecule has 1 aromatic heterocycles. The Bertz CT molecular complexity index is 777. The Morgan fingerprint density at radius 3 is 2.71 bits per heavy atom. The normalized spacial score (nSPS) is 20.3. The number of halogens is 1. The smallest absolute Gasteiger partial charge is 0.254 e. The molecule has 0 bridgehead atoms. The lowest BCUT2D eigenvalue weighted by Gasteiger charge is -2.26. The quantitative estimate of drug-likeness (QED) is 0.834. The Morgan fingerprint density at radius 1 is 1.33 bits per heavy atom. The van der Waals surface area contributed by atoms with E-state index in [0.29, 0.717) is 11.4 Å². The van der Waals surface area contributed by atoms with Gasteiger partial charge in [-0.2, -0.15) is 10.4 Å². The molecule has 1 fully saturated rings. The van der Waals surface area contributed by atoms with Crippen molar-refractivity contribution < 1.29 is 4.79 Å². The van der Waals surface area contributed by atoms with Gasteiger partial charge in [-0.25, -0.2) is 0 Å². The third kappa shape index (κ3) is 3.44. The van der Waals surface area contributed by atoms with Gasteiger partial charge in [0.25, 0.3) is 5.91 Å². The number of hydrogen-bond acceptors (Lipinski definition) is 4. The van der Waals surface area contributed by atoms with Crippen molar-refractivity contribution >= 4 is 33.3 Å². The second-order valence-corrected chi connectivity index (χ2v) is 6.87. The van der Waals surface area contributed by atoms with E-state index in [2.05, 4.69) is 32.4 Å². The Balaban J connectivity index is 1.91. The summed E-state index contributed by atoms with van der Waals surface area (Å²) in [5, 5.41) is 17.0. The van der Waals surface area contributed by atoms with Crippen LogP contribution in [0, 0.1) is 17.2 Å². The van der Waals surface area contributed by atoms with Crippen molar-refractivity contribution in [2.75, 3.05) is 5.32 Å². The van der Waals surface area contributed by atoms with Crippen LogP contribution in [0.2, 0.25) is 0 Å². The topological polar surface area (TPSA) is 96.7 Å². The summed E-state index contributed by atoms with van der Waals surface area (Å²) >= 11 is 3.39. The molecule has 7 heteroatoms. The minimum absolute atomic E-state index is 0.0117. The average molecular weight is 388 g/mol. The summed E-state index contributed by atoms with van der Waals surface area (Å²) in [7, 11) is 0. The molecule has 1 aliphatic rings. The minimum Gasteiger partial charge on any atom is -0.365 e. The zero-order valence-electron chi connectivity index (χ0n) is 13.1. The summed E-state index contributed by atoms with van der Waals surface area (Å²) in [6.45, 7) is 0. The Kier molecular flexibility index (Phi) is 4.86. The van der Waals surface area contributed by atoms with E-state index in [9.17, 15) is 10.1 Å². The van der Waals surface area contributed by atoms with Crippen molar-refractivity contribution in [1.29, 1.82) is 5.26 Å². The molecular formula is C17H18BrN5O. The van der Waals surface area contributed by atoms with Crippen LogP contribution in [0.5, 0.6) is 0 Å². The lowest BCUT2D eigenvalue weighted by molar-refractivity contribution is 0.100. The van der Waals surface area contributed by atoms with Crippen molar-refractivity contribution in [3.8, 4) is 6.07 Å². The van der Waals surface area contributed by atoms with Crippen LogP contribution in [-0.4, -0.2) is 15.7 Å². The number of nitriles is 1. The van der Waals surface area contributed by atoms with Gasteiger partial charge in [-0.05, 0) is 37.1 Å². The van der Waals surface area contributed by atoms with E-state index < -0.39 is 5.91 Å². The van der Waals surface area contributed by atoms with Gasteiger partial charge < -0.3 is 11.1 Å². The van der Waals surface area contributed by atoms with Gasteiger partial charge in [0.1, 0.15) is 5.56 Å². The van der Waals surface area contributed by atoms with E-state index in [4.69, 9.17) is 5.73 Å². The molecule has 0 radical (unpaired) electrons. The Morgan fingerprint density at radius 2 is 2.04 bits per heavy atom. The molecule has 0 saturated heterocycles. The predicted octanol–water partition coefficient (Wildman–Crippen LogP) is 3.74. The Hall–Kier alpha value is -2.33. The first-order valence-corrected chi connectivity index (χ1v) is 8.69. The summed E-state index contributed by atoms with van der Waals surface area (Å²) in [5.74, 6) is -0.197. The van der Waals surface area contributed by atoms with E-state index in [1.165, 1.54) is 0 Å². The first kappa shape index (κ1) is 16.5. The van der Waals surface area contributed by atoms with E-state index in [1.807, 2.05) is 24.3 Å². The van der Waals surface area contributed by atoms with Crippen LogP contribution < -0.4 is 11.1 Å². The van der Waals surface area contributed by atoms with Crippen LogP contribution in [-0.2, 0) is 0 Å². The number of anilines is 2. The van der Waals surface area contributed by atoms with Crippen LogP contribution in [0.1, 0.15) is 42.1 Å². The van der Waals surface area contributed by atoms with Gasteiger partial charge in [0.2, 0.25) is 0 Å². The molecule has 1 heterocycles. The fraction of sp³-hybridized carbons (Fsp3) is 0.353. The summed E-state index contributed by atoms with van der Waals surface area (Å²) in [6, 6.07) is 9.91. The number of nitrogens with two attached hydrogens (primary N) is 1. The van der Waals surface area contributed by atoms with Gasteiger partial charge in [-0.15, -0.1) is 0 Å². The second-order valence-electron chi connectivity index (χ2n) is 5.95. The van der Waals surface area contributed by atoms with Crippen molar-refractivity contribution in [2.45, 2.75) is 31.7 Å². The van der Waals surface area contributed by atoms with Gasteiger partial charge >= 0.3 is 0 Å². The average Bonchev–Trinajstić information content (AvgIpc) is 3.01. The van der Waals surface area contributed by atoms with Crippen molar-refractivity contribution in [3.63, 3.8) is 0 Å². The number of amides is 1. The highest BCUT2D eigenvalue weighted by Gasteiger charge is 2.28. The summed E-state index contributed by atoms with van der Waals surface area (Å²) in [6.07, 6.45) is 5.52. The molecule has 1 saturated carbocycles. The predicted molar refractivity (Wildman–Crippen MR) is 94.8 cm³/mol. The van der Waals surface area contributed by atoms with Gasteiger partial charge in [-0.1, -0.05) is 28.8 Å². The molecule has 1 amide bonds. The van der Waals surface area contributed by atoms with E-state index in [1.54, 1.807) is 10.9 Å². The third-order valence-corrected chi connectivity index (χ3v) is 4.87. The SMILES string of the molecule is N#C[C@H]1CCCC[C@@H]1n1cc(C(N)=O)c(Nc2ccc(Br)cc2)n1. The van der Waals surface area contributed by atoms with E-state index >= 15 is 0 Å². The number of hydrogen-bond donors (Lipinski definition) is 2. The lowest BCUT2D eigenvalue weighted by Crippen LogP contribution is -2.22. The molecule has 3 N–H and O–H groups in total. The number of carbonyl (C=O) groups excluding carboxylic acids is 1. The van der Waals surface area contributed by atoms with Gasteiger partial charge in [0.15, 0.2) is 5.82 Å². The molecule has 0 unspecified atom stereocenters. The number of aromatic nitrogens is 2. The highest BCUT2D eigenvalue weighted by Crippen LogP contribution is 2.34. The van der Waals surface area contributed by atoms with Crippen LogP contribution in [0.4, 0.5) is 11.5 Å². The van der Waals surface area contributed by atoms with Crippen molar-refractivity contribution in [2.24, 2.45) is 11.7 Å². The van der Waals surface area contributed by atoms with E-state index in [0.717, 1.165) is 35.8 Å². The number of carbonyl (C=O) groups is 1. The fourth-order valence-corrected chi connectivity index (χ4v) is 3.35. The molecular weight excluding hydrogens is 370 g/mol. The number of primary amides is 1. The monoisotopic (exact) mass is 387 g/mol. The zero-order valence-corrected chi connectivity index (χ0v) is 14.7. The molecule has 24 heavy (non-hydrogen) atoms. The van der Waals surface area contributed by atoms with Crippen molar-refractivity contribution in [1.82, 2.24) is 9.78 Å². The van der Waals surface area contributed by atoms with Crippen LogP contribution in [0.15, 0.2) is 34.9 Å². The molecule has 2 aromatic rings. The molecule has 0 spiro atoms. The minimum atomic E-state index is -0.537. The maximum absolute atomic E-state index is 11.8. The summed E-state index contributed by atoms with van der Waals surface area (Å²) in [5.41, 5.74) is 6.64. The second kappa shape index (κ2) is 7.05. The molecule has 2 atom stereocenters. The van der Waals surface area contributed by atoms with Crippen molar-refractivity contribution in [3.05, 3.63) is 40.5 Å². The first-order valence-electron chi connectivity index (χ1n) is 7.89. The number of nitrogens with one attached hydrogen (secondary N) is 1. The van der Waals surface area contributed by atoms with Crippen LogP contribution in [0.25, 0.3) is 0 Å². The summed E-state index contributed by atoms with van der Waals surface area (Å²) < 4.78 is 2.70. The molecule has 124 valence electrons. The third-order valence-electron chi connectivity index (χ3n) is 4.34. The summed E-state index contributed by atoms with van der Waals surface area (Å²) in [4.78, 5) is 11.8.